The molecule has 5 fully saturated rings. The third-order valence-electron chi connectivity index (χ3n) is 9.22. The first-order chi connectivity index (χ1) is 14.4. The van der Waals surface area contributed by atoms with Gasteiger partial charge in [0.1, 0.15) is 0 Å². The second-order valence-electron chi connectivity index (χ2n) is 11.8. The number of rotatable bonds is 4. The van der Waals surface area contributed by atoms with Gasteiger partial charge in [-0.05, 0) is 111 Å². The van der Waals surface area contributed by atoms with E-state index < -0.39 is 0 Å². The summed E-state index contributed by atoms with van der Waals surface area (Å²) in [6.45, 7) is 4.30. The minimum atomic E-state index is -0.0670. The van der Waals surface area contributed by atoms with E-state index in [1.54, 1.807) is 0 Å². The number of carbonyl (C=O) groups is 1. The molecule has 1 heterocycles. The molecule has 5 heteroatoms. The Hall–Kier alpha value is -1.65. The lowest BCUT2D eigenvalue weighted by Gasteiger charge is -2.56. The highest BCUT2D eigenvalue weighted by Crippen LogP contribution is 2.61. The summed E-state index contributed by atoms with van der Waals surface area (Å²) in [7, 11) is 0. The van der Waals surface area contributed by atoms with Gasteiger partial charge in [0.25, 0.3) is 5.56 Å². The maximum Gasteiger partial charge on any atom is 0.290 e. The van der Waals surface area contributed by atoms with E-state index in [1.165, 1.54) is 61.7 Å². The predicted molar refractivity (Wildman–Crippen MR) is 116 cm³/mol. The average molecular weight is 410 g/mol. The van der Waals surface area contributed by atoms with Crippen molar-refractivity contribution in [2.24, 2.45) is 23.2 Å². The molecular weight excluding hydrogens is 374 g/mol. The molecule has 0 saturated heterocycles. The van der Waals surface area contributed by atoms with Gasteiger partial charge in [-0.25, -0.2) is 5.43 Å². The van der Waals surface area contributed by atoms with E-state index in [0.717, 1.165) is 41.9 Å². The molecule has 30 heavy (non-hydrogen) atoms. The Bertz CT molecular complexity index is 903. The molecule has 162 valence electrons. The molecule has 0 atom stereocenters. The van der Waals surface area contributed by atoms with Crippen molar-refractivity contribution in [3.63, 3.8) is 0 Å². The molecule has 1 N–H and O–H groups in total. The SMILES string of the molecule is CC(C)c1nn(NC(=O)CC23CC4CC(CC(C4)C2)C3)c(=O)c2c1C1CCC2CC1. The maximum absolute atomic E-state index is 13.4. The highest BCUT2D eigenvalue weighted by Gasteiger charge is 2.51. The first-order valence-electron chi connectivity index (χ1n) is 12.4. The zero-order valence-electron chi connectivity index (χ0n) is 18.5. The summed E-state index contributed by atoms with van der Waals surface area (Å²) in [4.78, 5) is 27.8. The van der Waals surface area contributed by atoms with Crippen LogP contribution in [-0.4, -0.2) is 15.8 Å². The Labute approximate surface area is 179 Å². The zero-order valence-corrected chi connectivity index (χ0v) is 18.5. The van der Waals surface area contributed by atoms with Crippen LogP contribution in [0.5, 0.6) is 0 Å². The summed E-state index contributed by atoms with van der Waals surface area (Å²) in [5.41, 5.74) is 6.27. The van der Waals surface area contributed by atoms with Crippen LogP contribution < -0.4 is 11.0 Å². The Morgan fingerprint density at radius 1 is 1.00 bits per heavy atom. The van der Waals surface area contributed by atoms with Crippen LogP contribution in [0.4, 0.5) is 0 Å². The number of hydrogen-bond donors (Lipinski definition) is 1. The minimum absolute atomic E-state index is 0.0119. The van der Waals surface area contributed by atoms with Gasteiger partial charge < -0.3 is 0 Å². The summed E-state index contributed by atoms with van der Waals surface area (Å²) in [5, 5.41) is 4.71. The van der Waals surface area contributed by atoms with E-state index in [1.807, 2.05) is 0 Å². The lowest BCUT2D eigenvalue weighted by Crippen LogP contribution is -2.48. The second kappa shape index (κ2) is 6.67. The summed E-state index contributed by atoms with van der Waals surface area (Å²) in [5.74, 6) is 3.57. The van der Waals surface area contributed by atoms with Crippen LogP contribution in [0.2, 0.25) is 0 Å². The summed E-state index contributed by atoms with van der Waals surface area (Å²) in [6.07, 6.45) is 12.9. The number of nitrogens with zero attached hydrogens (tertiary/aromatic N) is 2. The third-order valence-corrected chi connectivity index (χ3v) is 9.22. The van der Waals surface area contributed by atoms with Crippen molar-refractivity contribution in [3.05, 3.63) is 27.2 Å². The van der Waals surface area contributed by atoms with Crippen LogP contribution in [0.1, 0.15) is 119 Å². The molecule has 0 aromatic carbocycles. The smallest absolute Gasteiger partial charge is 0.273 e. The van der Waals surface area contributed by atoms with Crippen molar-refractivity contribution in [1.82, 2.24) is 9.89 Å². The average Bonchev–Trinajstić information content (AvgIpc) is 2.69. The lowest BCUT2D eigenvalue weighted by molar-refractivity contribution is -0.125. The molecule has 7 aliphatic rings. The predicted octanol–water partition coefficient (Wildman–Crippen LogP) is 4.80. The van der Waals surface area contributed by atoms with Crippen LogP contribution >= 0.6 is 0 Å². The quantitative estimate of drug-likeness (QED) is 0.777. The Morgan fingerprint density at radius 3 is 2.07 bits per heavy atom. The van der Waals surface area contributed by atoms with Crippen molar-refractivity contribution in [1.29, 1.82) is 0 Å². The van der Waals surface area contributed by atoms with E-state index in [-0.39, 0.29) is 22.8 Å². The molecule has 0 spiro atoms. The minimum Gasteiger partial charge on any atom is -0.273 e. The van der Waals surface area contributed by atoms with Crippen molar-refractivity contribution in [2.45, 2.75) is 102 Å². The molecule has 8 rings (SSSR count). The first-order valence-corrected chi connectivity index (χ1v) is 12.4. The van der Waals surface area contributed by atoms with Gasteiger partial charge in [0.2, 0.25) is 5.91 Å². The fourth-order valence-electron chi connectivity index (χ4n) is 8.58. The molecule has 0 radical (unpaired) electrons. The van der Waals surface area contributed by atoms with E-state index in [4.69, 9.17) is 5.10 Å². The molecule has 5 nitrogen and oxygen atoms in total. The summed E-state index contributed by atoms with van der Waals surface area (Å²) < 4.78 is 0. The van der Waals surface area contributed by atoms with Gasteiger partial charge in [-0.15, -0.1) is 4.79 Å². The van der Waals surface area contributed by atoms with Crippen molar-refractivity contribution < 1.29 is 4.79 Å². The topological polar surface area (TPSA) is 64.0 Å². The van der Waals surface area contributed by atoms with Crippen molar-refractivity contribution in [2.75, 3.05) is 5.43 Å². The fraction of sp³-hybridized carbons (Fsp3) is 0.800. The number of hydrogen-bond acceptors (Lipinski definition) is 3. The van der Waals surface area contributed by atoms with Crippen LogP contribution in [0, 0.1) is 23.2 Å². The van der Waals surface area contributed by atoms with E-state index in [9.17, 15) is 9.59 Å². The van der Waals surface area contributed by atoms with Gasteiger partial charge in [0, 0.05) is 12.0 Å². The van der Waals surface area contributed by atoms with Crippen LogP contribution in [0.3, 0.4) is 0 Å². The van der Waals surface area contributed by atoms with Gasteiger partial charge in [-0.1, -0.05) is 13.8 Å². The molecule has 1 aromatic rings. The Balaban J connectivity index is 1.29. The number of aromatic nitrogens is 2. The lowest BCUT2D eigenvalue weighted by atomic mass is 9.49. The van der Waals surface area contributed by atoms with Gasteiger partial charge in [-0.2, -0.15) is 5.10 Å². The molecular formula is C25H35N3O2. The standard InChI is InChI=1S/C25H35N3O2/c1-14(2)23-21-18-3-5-19(6-4-18)22(21)24(30)28(27-23)26-20(29)13-25-10-15-7-16(11-25)9-17(8-15)12-25/h14-19H,3-13H2,1-2H3,(H,26,29). The number of amides is 1. The van der Waals surface area contributed by atoms with Gasteiger partial charge in [0.05, 0.1) is 5.69 Å². The Morgan fingerprint density at radius 2 is 1.53 bits per heavy atom. The third kappa shape index (κ3) is 2.90. The number of fused-ring (bicyclic) bond motifs is 2. The highest BCUT2D eigenvalue weighted by atomic mass is 16.2. The molecule has 1 aromatic heterocycles. The van der Waals surface area contributed by atoms with E-state index in [2.05, 4.69) is 19.3 Å². The van der Waals surface area contributed by atoms with Gasteiger partial charge >= 0.3 is 0 Å². The number of carbonyl (C=O) groups excluding carboxylic acids is 1. The largest absolute Gasteiger partial charge is 0.290 e. The normalized spacial score (nSPS) is 38.2. The van der Waals surface area contributed by atoms with Crippen LogP contribution in [0.15, 0.2) is 4.79 Å². The maximum atomic E-state index is 13.4. The van der Waals surface area contributed by atoms with E-state index >= 15 is 0 Å². The molecule has 0 aliphatic heterocycles. The highest BCUT2D eigenvalue weighted by molar-refractivity contribution is 5.84. The van der Waals surface area contributed by atoms with Gasteiger partial charge in [0.15, 0.2) is 0 Å². The monoisotopic (exact) mass is 409 g/mol. The van der Waals surface area contributed by atoms with Crippen LogP contribution in [-0.2, 0) is 4.79 Å². The summed E-state index contributed by atoms with van der Waals surface area (Å²) in [6, 6.07) is 0. The summed E-state index contributed by atoms with van der Waals surface area (Å²) >= 11 is 0. The van der Waals surface area contributed by atoms with Gasteiger partial charge in [-0.3, -0.25) is 9.59 Å². The fourth-order valence-corrected chi connectivity index (χ4v) is 8.58. The first kappa shape index (κ1) is 19.1. The van der Waals surface area contributed by atoms with E-state index in [0.29, 0.717) is 18.3 Å². The Kier molecular flexibility index (Phi) is 4.24. The molecule has 1 amide bonds. The molecule has 5 saturated carbocycles. The number of nitrogens with one attached hydrogen (secondary N) is 1. The van der Waals surface area contributed by atoms with Crippen molar-refractivity contribution >= 4 is 5.91 Å². The van der Waals surface area contributed by atoms with Crippen LogP contribution in [0.25, 0.3) is 0 Å². The molecule has 6 bridgehead atoms. The molecule has 0 unspecified atom stereocenters. The molecule has 7 aliphatic carbocycles. The zero-order chi connectivity index (χ0) is 20.6. The second-order valence-corrected chi connectivity index (χ2v) is 11.8. The van der Waals surface area contributed by atoms with Crippen molar-refractivity contribution in [3.8, 4) is 0 Å².